The predicted octanol–water partition coefficient (Wildman–Crippen LogP) is 5.43. The Labute approximate surface area is 207 Å². The number of halogens is 2. The van der Waals surface area contributed by atoms with Crippen molar-refractivity contribution in [3.63, 3.8) is 0 Å². The number of Topliss-reactive ketones (excluding diaryl/α,β-unsaturated/α-hetero) is 1. The van der Waals surface area contributed by atoms with E-state index in [-0.39, 0.29) is 30.0 Å². The molecule has 0 saturated carbocycles. The maximum atomic E-state index is 14.3. The maximum absolute atomic E-state index is 14.3. The maximum Gasteiger partial charge on any atom is 0.309 e. The monoisotopic (exact) mass is 499 g/mol. The Balaban J connectivity index is 1.78. The van der Waals surface area contributed by atoms with Crippen LogP contribution in [0.2, 0.25) is 0 Å². The quantitative estimate of drug-likeness (QED) is 0.278. The number of nitrogens with zero attached hydrogens (tertiary/aromatic N) is 1. The van der Waals surface area contributed by atoms with E-state index < -0.39 is 47.3 Å². The van der Waals surface area contributed by atoms with Crippen LogP contribution in [0.25, 0.3) is 0 Å². The van der Waals surface area contributed by atoms with Crippen LogP contribution in [-0.4, -0.2) is 35.1 Å². The minimum Gasteiger partial charge on any atom is -0.503 e. The third-order valence-corrected chi connectivity index (χ3v) is 5.63. The fraction of sp³-hybridized carbons (Fsp3) is 0.296. The SMILES string of the molecule is CC[C@H](CC(=O)c1nccc(OC)c1O)C(=O)O[C@@H](C)[C@H](Oc1cc(F)ccc1F)c1ccccc1. The molecule has 1 heterocycles. The highest BCUT2D eigenvalue weighted by Crippen LogP contribution is 2.31. The number of methoxy groups -OCH3 is 1. The van der Waals surface area contributed by atoms with Gasteiger partial charge in [0.25, 0.3) is 0 Å². The molecule has 0 aliphatic heterocycles. The van der Waals surface area contributed by atoms with Crippen molar-refractivity contribution in [1.29, 1.82) is 0 Å². The van der Waals surface area contributed by atoms with E-state index in [4.69, 9.17) is 14.2 Å². The highest BCUT2D eigenvalue weighted by Gasteiger charge is 2.31. The summed E-state index contributed by atoms with van der Waals surface area (Å²) in [5.74, 6) is -4.16. The number of carbonyl (C=O) groups is 2. The molecule has 2 aromatic carbocycles. The number of aromatic hydroxyl groups is 1. The van der Waals surface area contributed by atoms with E-state index in [1.807, 2.05) is 0 Å². The van der Waals surface area contributed by atoms with Crippen molar-refractivity contribution in [3.05, 3.63) is 83.7 Å². The summed E-state index contributed by atoms with van der Waals surface area (Å²) in [7, 11) is 1.35. The number of rotatable bonds is 11. The number of hydrogen-bond donors (Lipinski definition) is 1. The van der Waals surface area contributed by atoms with Gasteiger partial charge in [-0.1, -0.05) is 37.3 Å². The summed E-state index contributed by atoms with van der Waals surface area (Å²) in [4.78, 5) is 29.7. The molecule has 0 aliphatic rings. The Hall–Kier alpha value is -4.01. The molecule has 1 aromatic heterocycles. The van der Waals surface area contributed by atoms with E-state index >= 15 is 0 Å². The van der Waals surface area contributed by atoms with Gasteiger partial charge < -0.3 is 19.3 Å². The van der Waals surface area contributed by atoms with Crippen LogP contribution in [0.3, 0.4) is 0 Å². The molecule has 0 radical (unpaired) electrons. The lowest BCUT2D eigenvalue weighted by Crippen LogP contribution is -2.30. The first-order valence-electron chi connectivity index (χ1n) is 11.4. The van der Waals surface area contributed by atoms with Gasteiger partial charge >= 0.3 is 5.97 Å². The highest BCUT2D eigenvalue weighted by molar-refractivity contribution is 5.99. The molecule has 3 rings (SSSR count). The average Bonchev–Trinajstić information content (AvgIpc) is 2.88. The summed E-state index contributed by atoms with van der Waals surface area (Å²) in [5, 5.41) is 10.2. The van der Waals surface area contributed by atoms with Crippen LogP contribution < -0.4 is 9.47 Å². The molecule has 3 atom stereocenters. The van der Waals surface area contributed by atoms with E-state index in [0.29, 0.717) is 5.56 Å². The van der Waals surface area contributed by atoms with Crippen LogP contribution in [0.5, 0.6) is 17.2 Å². The molecule has 190 valence electrons. The zero-order valence-corrected chi connectivity index (χ0v) is 20.1. The Morgan fingerprint density at radius 3 is 2.44 bits per heavy atom. The zero-order valence-electron chi connectivity index (χ0n) is 20.1. The van der Waals surface area contributed by atoms with Crippen LogP contribution in [-0.2, 0) is 9.53 Å². The summed E-state index contributed by atoms with van der Waals surface area (Å²) >= 11 is 0. The molecule has 0 spiro atoms. The van der Waals surface area contributed by atoms with Crippen LogP contribution in [0, 0.1) is 17.6 Å². The zero-order chi connectivity index (χ0) is 26.2. The van der Waals surface area contributed by atoms with E-state index in [0.717, 1.165) is 18.2 Å². The molecule has 36 heavy (non-hydrogen) atoms. The van der Waals surface area contributed by atoms with Crippen molar-refractivity contribution in [1.82, 2.24) is 4.98 Å². The second-order valence-corrected chi connectivity index (χ2v) is 8.11. The first-order valence-corrected chi connectivity index (χ1v) is 11.4. The molecular weight excluding hydrogens is 472 g/mol. The molecule has 0 unspecified atom stereocenters. The first-order chi connectivity index (χ1) is 17.2. The minimum atomic E-state index is -0.955. The van der Waals surface area contributed by atoms with Gasteiger partial charge in [0, 0.05) is 24.8 Å². The van der Waals surface area contributed by atoms with Crippen LogP contribution in [0.4, 0.5) is 8.78 Å². The molecule has 3 aromatic rings. The standard InChI is InChI=1S/C27H27F2NO6/c1-4-17(14-21(31)24-25(32)22(34-3)12-13-30-24)27(33)35-16(2)26(18-8-6-5-7-9-18)36-23-15-19(28)10-11-20(23)29/h5-13,15-17,26,32H,4,14H2,1-3H3/t16-,17+,26-/m0/s1. The second-order valence-electron chi connectivity index (χ2n) is 8.11. The third kappa shape index (κ3) is 6.35. The normalized spacial score (nSPS) is 13.4. The number of aromatic nitrogens is 1. The van der Waals surface area contributed by atoms with Crippen LogP contribution in [0.15, 0.2) is 60.8 Å². The van der Waals surface area contributed by atoms with Gasteiger partial charge in [-0.2, -0.15) is 0 Å². The minimum absolute atomic E-state index is 0.0880. The lowest BCUT2D eigenvalue weighted by atomic mass is 9.97. The predicted molar refractivity (Wildman–Crippen MR) is 127 cm³/mol. The van der Waals surface area contributed by atoms with Gasteiger partial charge in [0.2, 0.25) is 0 Å². The lowest BCUT2D eigenvalue weighted by molar-refractivity contribution is -0.158. The smallest absolute Gasteiger partial charge is 0.309 e. The average molecular weight is 500 g/mol. The van der Waals surface area contributed by atoms with Gasteiger partial charge in [-0.05, 0) is 31.0 Å². The number of esters is 1. The molecule has 0 bridgehead atoms. The van der Waals surface area contributed by atoms with E-state index in [9.17, 15) is 23.5 Å². The van der Waals surface area contributed by atoms with Crippen molar-refractivity contribution in [2.45, 2.75) is 38.9 Å². The van der Waals surface area contributed by atoms with Gasteiger partial charge in [-0.25, -0.2) is 13.8 Å². The molecule has 0 aliphatic carbocycles. The van der Waals surface area contributed by atoms with E-state index in [2.05, 4.69) is 4.98 Å². The summed E-state index contributed by atoms with van der Waals surface area (Å²) < 4.78 is 44.4. The summed E-state index contributed by atoms with van der Waals surface area (Å²) in [6.45, 7) is 3.28. The number of ether oxygens (including phenoxy) is 3. The topological polar surface area (TPSA) is 95.0 Å². The Kier molecular flexibility index (Phi) is 8.94. The van der Waals surface area contributed by atoms with Gasteiger partial charge in [0.1, 0.15) is 11.9 Å². The summed E-state index contributed by atoms with van der Waals surface area (Å²) in [6, 6.07) is 12.9. The Morgan fingerprint density at radius 1 is 1.06 bits per heavy atom. The van der Waals surface area contributed by atoms with Crippen LogP contribution >= 0.6 is 0 Å². The van der Waals surface area contributed by atoms with Gasteiger partial charge in [-0.3, -0.25) is 9.59 Å². The molecule has 1 N–H and O–H groups in total. The van der Waals surface area contributed by atoms with Crippen molar-refractivity contribution in [2.75, 3.05) is 7.11 Å². The molecule has 0 saturated heterocycles. The van der Waals surface area contributed by atoms with Crippen molar-refractivity contribution in [2.24, 2.45) is 5.92 Å². The fourth-order valence-corrected chi connectivity index (χ4v) is 3.64. The Morgan fingerprint density at radius 2 is 1.78 bits per heavy atom. The largest absolute Gasteiger partial charge is 0.503 e. The van der Waals surface area contributed by atoms with E-state index in [1.54, 1.807) is 44.2 Å². The molecule has 9 heteroatoms. The molecular formula is C27H27F2NO6. The van der Waals surface area contributed by atoms with Crippen molar-refractivity contribution >= 4 is 11.8 Å². The van der Waals surface area contributed by atoms with Gasteiger partial charge in [0.15, 0.2) is 40.6 Å². The van der Waals surface area contributed by atoms with Crippen molar-refractivity contribution < 1.29 is 37.7 Å². The molecule has 0 fully saturated rings. The molecule has 0 amide bonds. The van der Waals surface area contributed by atoms with Gasteiger partial charge in [0.05, 0.1) is 13.0 Å². The van der Waals surface area contributed by atoms with E-state index in [1.165, 1.54) is 19.4 Å². The highest BCUT2D eigenvalue weighted by atomic mass is 19.1. The lowest BCUT2D eigenvalue weighted by Gasteiger charge is -2.27. The molecule has 7 nitrogen and oxygen atoms in total. The second kappa shape index (κ2) is 12.1. The first kappa shape index (κ1) is 26.6. The number of hydrogen-bond acceptors (Lipinski definition) is 7. The third-order valence-electron chi connectivity index (χ3n) is 5.63. The van der Waals surface area contributed by atoms with Crippen LogP contribution in [0.1, 0.15) is 48.8 Å². The Bertz CT molecular complexity index is 1200. The summed E-state index contributed by atoms with van der Waals surface area (Å²) in [6.07, 6.45) is -0.540. The summed E-state index contributed by atoms with van der Waals surface area (Å²) in [5.41, 5.74) is 0.372. The fourth-order valence-electron chi connectivity index (χ4n) is 3.64. The van der Waals surface area contributed by atoms with Gasteiger partial charge in [-0.15, -0.1) is 0 Å². The van der Waals surface area contributed by atoms with Crippen molar-refractivity contribution in [3.8, 4) is 17.2 Å². The number of carbonyl (C=O) groups excluding carboxylic acids is 2. The number of ketones is 1. The number of pyridine rings is 1. The number of benzene rings is 2.